The molecular formula is C14H23N7. The average molecular weight is 289 g/mol. The summed E-state index contributed by atoms with van der Waals surface area (Å²) < 4.78 is 1.64. The summed E-state index contributed by atoms with van der Waals surface area (Å²) in [6.07, 6.45) is 4.51. The van der Waals surface area contributed by atoms with Gasteiger partial charge in [0.05, 0.1) is 0 Å². The van der Waals surface area contributed by atoms with Crippen molar-refractivity contribution in [3.63, 3.8) is 0 Å². The lowest BCUT2D eigenvalue weighted by molar-refractivity contribution is 0.462. The van der Waals surface area contributed by atoms with Crippen LogP contribution in [0, 0.1) is 0 Å². The monoisotopic (exact) mass is 289 g/mol. The van der Waals surface area contributed by atoms with Crippen molar-refractivity contribution in [2.24, 2.45) is 0 Å². The van der Waals surface area contributed by atoms with Gasteiger partial charge in [-0.25, -0.2) is 4.68 Å². The second kappa shape index (κ2) is 6.07. The molecule has 0 saturated heterocycles. The zero-order valence-corrected chi connectivity index (χ0v) is 13.3. The minimum absolute atomic E-state index is 0.0355. The molecule has 0 aromatic carbocycles. The summed E-state index contributed by atoms with van der Waals surface area (Å²) in [4.78, 5) is 15.5. The number of nitrogens with one attached hydrogen (secondary N) is 1. The number of nitrogens with zero attached hydrogens (tertiary/aromatic N) is 6. The summed E-state index contributed by atoms with van der Waals surface area (Å²) in [6.45, 7) is 9.24. The Morgan fingerprint density at radius 2 is 2.00 bits per heavy atom. The Morgan fingerprint density at radius 3 is 2.57 bits per heavy atom. The maximum absolute atomic E-state index is 4.54. The van der Waals surface area contributed by atoms with Crippen molar-refractivity contribution in [2.45, 2.75) is 39.7 Å². The Kier molecular flexibility index (Phi) is 4.40. The van der Waals surface area contributed by atoms with Gasteiger partial charge < -0.3 is 10.2 Å². The lowest BCUT2D eigenvalue weighted by Crippen LogP contribution is -2.41. The smallest absolute Gasteiger partial charge is 0.257 e. The maximum atomic E-state index is 4.54. The summed E-state index contributed by atoms with van der Waals surface area (Å²) in [6, 6.07) is 1.84. The predicted octanol–water partition coefficient (Wildman–Crippen LogP) is 2.11. The standard InChI is InChI=1S/C14H23N7/c1-6-14(3,4)20(5)12-17-11(15-7-2)18-13(19-12)21-10-8-9-16-21/h8-10H,6-7H2,1-5H3,(H,15,17,18,19). The van der Waals surface area contributed by atoms with Gasteiger partial charge in [-0.15, -0.1) is 0 Å². The van der Waals surface area contributed by atoms with Crippen LogP contribution in [0.1, 0.15) is 34.1 Å². The van der Waals surface area contributed by atoms with Gasteiger partial charge in [-0.2, -0.15) is 20.1 Å². The first-order valence-corrected chi connectivity index (χ1v) is 7.21. The first-order valence-electron chi connectivity index (χ1n) is 7.21. The third kappa shape index (κ3) is 3.29. The molecule has 0 radical (unpaired) electrons. The molecule has 0 saturated carbocycles. The second-order valence-electron chi connectivity index (χ2n) is 5.46. The first kappa shape index (κ1) is 15.2. The molecule has 0 spiro atoms. The van der Waals surface area contributed by atoms with Gasteiger partial charge in [0.1, 0.15) is 0 Å². The molecule has 0 amide bonds. The molecule has 7 nitrogen and oxygen atoms in total. The lowest BCUT2D eigenvalue weighted by atomic mass is 10.0. The van der Waals surface area contributed by atoms with Crippen molar-refractivity contribution in [3.05, 3.63) is 18.5 Å². The Labute approximate surface area is 125 Å². The number of rotatable bonds is 6. The molecule has 2 aromatic heterocycles. The fourth-order valence-electron chi connectivity index (χ4n) is 1.74. The van der Waals surface area contributed by atoms with Crippen molar-refractivity contribution in [2.75, 3.05) is 23.8 Å². The average Bonchev–Trinajstić information content (AvgIpc) is 3.00. The minimum Gasteiger partial charge on any atom is -0.354 e. The lowest BCUT2D eigenvalue weighted by Gasteiger charge is -2.34. The van der Waals surface area contributed by atoms with Gasteiger partial charge in [0.25, 0.3) is 5.95 Å². The fourth-order valence-corrected chi connectivity index (χ4v) is 1.74. The Hall–Kier alpha value is -2.18. The van der Waals surface area contributed by atoms with Crippen molar-refractivity contribution < 1.29 is 0 Å². The van der Waals surface area contributed by atoms with E-state index in [9.17, 15) is 0 Å². The van der Waals surface area contributed by atoms with Gasteiger partial charge in [-0.3, -0.25) is 0 Å². The largest absolute Gasteiger partial charge is 0.354 e. The van der Waals surface area contributed by atoms with Crippen LogP contribution in [0.3, 0.4) is 0 Å². The molecule has 21 heavy (non-hydrogen) atoms. The zero-order valence-electron chi connectivity index (χ0n) is 13.3. The van der Waals surface area contributed by atoms with Gasteiger partial charge in [-0.1, -0.05) is 6.92 Å². The van der Waals surface area contributed by atoms with Crippen LogP contribution in [0.4, 0.5) is 11.9 Å². The van der Waals surface area contributed by atoms with Crippen molar-refractivity contribution >= 4 is 11.9 Å². The zero-order chi connectivity index (χ0) is 15.5. The van der Waals surface area contributed by atoms with E-state index in [0.29, 0.717) is 17.8 Å². The maximum Gasteiger partial charge on any atom is 0.257 e. The number of anilines is 2. The van der Waals surface area contributed by atoms with Gasteiger partial charge in [0, 0.05) is 31.5 Å². The third-order valence-corrected chi connectivity index (χ3v) is 3.73. The molecule has 0 aliphatic carbocycles. The Morgan fingerprint density at radius 1 is 1.24 bits per heavy atom. The van der Waals surface area contributed by atoms with E-state index in [4.69, 9.17) is 0 Å². The second-order valence-corrected chi connectivity index (χ2v) is 5.46. The highest BCUT2D eigenvalue weighted by atomic mass is 15.4. The molecule has 0 unspecified atom stereocenters. The van der Waals surface area contributed by atoms with E-state index < -0.39 is 0 Å². The summed E-state index contributed by atoms with van der Waals surface area (Å²) >= 11 is 0. The molecule has 2 heterocycles. The van der Waals surface area contributed by atoms with Crippen LogP contribution >= 0.6 is 0 Å². The Balaban J connectivity index is 2.45. The highest BCUT2D eigenvalue weighted by Gasteiger charge is 2.24. The summed E-state index contributed by atoms with van der Waals surface area (Å²) in [5.41, 5.74) is -0.0355. The highest BCUT2D eigenvalue weighted by Crippen LogP contribution is 2.22. The van der Waals surface area contributed by atoms with Gasteiger partial charge in [0.2, 0.25) is 11.9 Å². The molecule has 0 bridgehead atoms. The number of hydrogen-bond acceptors (Lipinski definition) is 6. The minimum atomic E-state index is -0.0355. The topological polar surface area (TPSA) is 71.8 Å². The van der Waals surface area contributed by atoms with E-state index in [1.54, 1.807) is 10.9 Å². The summed E-state index contributed by atoms with van der Waals surface area (Å²) in [5, 5.41) is 7.33. The molecule has 0 aliphatic heterocycles. The summed E-state index contributed by atoms with van der Waals surface area (Å²) in [7, 11) is 2.00. The van der Waals surface area contributed by atoms with Crippen molar-refractivity contribution in [1.82, 2.24) is 24.7 Å². The van der Waals surface area contributed by atoms with Crippen LogP contribution in [-0.4, -0.2) is 43.9 Å². The normalized spacial score (nSPS) is 11.5. The molecule has 0 aliphatic rings. The van der Waals surface area contributed by atoms with Crippen LogP contribution in [0.25, 0.3) is 5.95 Å². The van der Waals surface area contributed by atoms with Crippen LogP contribution in [0.15, 0.2) is 18.5 Å². The van der Waals surface area contributed by atoms with Gasteiger partial charge >= 0.3 is 0 Å². The fraction of sp³-hybridized carbons (Fsp3) is 0.571. The van der Waals surface area contributed by atoms with E-state index in [1.807, 2.05) is 26.2 Å². The quantitative estimate of drug-likeness (QED) is 0.878. The molecule has 2 rings (SSSR count). The van der Waals surface area contributed by atoms with Crippen LogP contribution in [-0.2, 0) is 0 Å². The van der Waals surface area contributed by atoms with E-state index in [1.165, 1.54) is 0 Å². The first-order chi connectivity index (χ1) is 9.97. The molecule has 7 heteroatoms. The van der Waals surface area contributed by atoms with Crippen LogP contribution < -0.4 is 10.2 Å². The van der Waals surface area contributed by atoms with E-state index >= 15 is 0 Å². The molecule has 1 N–H and O–H groups in total. The Bertz CT molecular complexity index is 577. The van der Waals surface area contributed by atoms with Crippen LogP contribution in [0.2, 0.25) is 0 Å². The van der Waals surface area contributed by atoms with Gasteiger partial charge in [-0.05, 0) is 33.3 Å². The van der Waals surface area contributed by atoms with E-state index in [0.717, 1.165) is 13.0 Å². The van der Waals surface area contributed by atoms with E-state index in [2.05, 4.69) is 51.0 Å². The SMILES string of the molecule is CCNc1nc(N(C)C(C)(C)CC)nc(-n2cccn2)n1. The third-order valence-electron chi connectivity index (χ3n) is 3.73. The van der Waals surface area contributed by atoms with Crippen molar-refractivity contribution in [3.8, 4) is 5.95 Å². The van der Waals surface area contributed by atoms with Gasteiger partial charge in [0.15, 0.2) is 0 Å². The van der Waals surface area contributed by atoms with E-state index in [-0.39, 0.29) is 5.54 Å². The molecule has 0 atom stereocenters. The van der Waals surface area contributed by atoms with Crippen molar-refractivity contribution in [1.29, 1.82) is 0 Å². The molecular weight excluding hydrogens is 266 g/mol. The predicted molar refractivity (Wildman–Crippen MR) is 83.9 cm³/mol. The number of hydrogen-bond donors (Lipinski definition) is 1. The molecule has 114 valence electrons. The summed E-state index contributed by atoms with van der Waals surface area (Å²) in [5.74, 6) is 1.71. The highest BCUT2D eigenvalue weighted by molar-refractivity contribution is 5.41. The van der Waals surface area contributed by atoms with Crippen LogP contribution in [0.5, 0.6) is 0 Å². The number of aromatic nitrogens is 5. The molecule has 2 aromatic rings. The molecule has 0 fully saturated rings.